The van der Waals surface area contributed by atoms with E-state index in [1.807, 2.05) is 30.3 Å². The van der Waals surface area contributed by atoms with Gasteiger partial charge in [0.1, 0.15) is 0 Å². The van der Waals surface area contributed by atoms with Crippen molar-refractivity contribution in [3.8, 4) is 0 Å². The second-order valence-corrected chi connectivity index (χ2v) is 2.89. The molecule has 0 saturated carbocycles. The highest BCUT2D eigenvalue weighted by Gasteiger charge is 1.94. The van der Waals surface area contributed by atoms with E-state index < -0.39 is 0 Å². The van der Waals surface area contributed by atoms with Crippen molar-refractivity contribution in [3.63, 3.8) is 0 Å². The first kappa shape index (κ1) is 9.52. The molecule has 2 nitrogen and oxygen atoms in total. The molecule has 1 N–H and O–H groups in total. The van der Waals surface area contributed by atoms with Crippen molar-refractivity contribution in [2.24, 2.45) is 0 Å². The van der Waals surface area contributed by atoms with Crippen molar-refractivity contribution in [1.82, 2.24) is 0 Å². The van der Waals surface area contributed by atoms with Gasteiger partial charge >= 0.3 is 0 Å². The Hall–Kier alpha value is -1.57. The van der Waals surface area contributed by atoms with Gasteiger partial charge in [0.2, 0.25) is 0 Å². The molecule has 0 aliphatic heterocycles. The minimum atomic E-state index is 0.0865. The van der Waals surface area contributed by atoms with E-state index in [-0.39, 0.29) is 5.78 Å². The maximum absolute atomic E-state index is 10.9. The number of hydrogen-bond donors (Lipinski definition) is 1. The van der Waals surface area contributed by atoms with E-state index in [0.717, 1.165) is 11.3 Å². The number of anilines is 1. The van der Waals surface area contributed by atoms with E-state index in [4.69, 9.17) is 0 Å². The van der Waals surface area contributed by atoms with Crippen molar-refractivity contribution in [3.05, 3.63) is 42.1 Å². The van der Waals surface area contributed by atoms with Gasteiger partial charge in [-0.3, -0.25) is 4.79 Å². The zero-order valence-corrected chi connectivity index (χ0v) is 7.87. The normalized spacial score (nSPS) is 11.1. The molecule has 0 unspecified atom stereocenters. The summed E-state index contributed by atoms with van der Waals surface area (Å²) < 4.78 is 0. The Balaban J connectivity index is 2.62. The standard InChI is InChI=1S/C11H13NO/c1-9(10(2)13)8-12-11-6-4-3-5-7-11/h3-8,12H,1-2H3/b9-8+. The van der Waals surface area contributed by atoms with Gasteiger partial charge in [0, 0.05) is 17.5 Å². The highest BCUT2D eigenvalue weighted by atomic mass is 16.1. The Morgan fingerprint density at radius 1 is 1.23 bits per heavy atom. The van der Waals surface area contributed by atoms with Crippen LogP contribution in [0.4, 0.5) is 5.69 Å². The van der Waals surface area contributed by atoms with Gasteiger partial charge < -0.3 is 5.32 Å². The number of hydrogen-bond acceptors (Lipinski definition) is 2. The average molecular weight is 175 g/mol. The lowest BCUT2D eigenvalue weighted by atomic mass is 10.2. The third-order valence-corrected chi connectivity index (χ3v) is 1.78. The number of allylic oxidation sites excluding steroid dienone is 1. The largest absolute Gasteiger partial charge is 0.361 e. The van der Waals surface area contributed by atoms with Crippen LogP contribution in [0.25, 0.3) is 0 Å². The molecule has 0 aliphatic rings. The maximum Gasteiger partial charge on any atom is 0.156 e. The predicted octanol–water partition coefficient (Wildman–Crippen LogP) is 2.59. The van der Waals surface area contributed by atoms with Gasteiger partial charge in [0.15, 0.2) is 5.78 Å². The Bertz CT molecular complexity index is 314. The first-order chi connectivity index (χ1) is 6.20. The fourth-order valence-electron chi connectivity index (χ4n) is 0.828. The summed E-state index contributed by atoms with van der Waals surface area (Å²) in [6.07, 6.45) is 1.72. The zero-order valence-electron chi connectivity index (χ0n) is 7.87. The Labute approximate surface area is 78.3 Å². The Morgan fingerprint density at radius 2 is 1.85 bits per heavy atom. The molecule has 0 atom stereocenters. The van der Waals surface area contributed by atoms with E-state index in [9.17, 15) is 4.79 Å². The number of carbonyl (C=O) groups is 1. The number of ketones is 1. The highest BCUT2D eigenvalue weighted by molar-refractivity contribution is 5.92. The summed E-state index contributed by atoms with van der Waals surface area (Å²) in [5.41, 5.74) is 1.71. The van der Waals surface area contributed by atoms with Gasteiger partial charge in [-0.15, -0.1) is 0 Å². The number of carbonyl (C=O) groups excluding carboxylic acids is 1. The Morgan fingerprint density at radius 3 is 2.38 bits per heavy atom. The molecular formula is C11H13NO. The van der Waals surface area contributed by atoms with E-state index in [0.29, 0.717) is 0 Å². The van der Waals surface area contributed by atoms with Crippen LogP contribution in [0.3, 0.4) is 0 Å². The lowest BCUT2D eigenvalue weighted by molar-refractivity contribution is -0.113. The summed E-state index contributed by atoms with van der Waals surface area (Å²) in [6, 6.07) is 9.74. The lowest BCUT2D eigenvalue weighted by Crippen LogP contribution is -1.96. The fourth-order valence-corrected chi connectivity index (χ4v) is 0.828. The smallest absolute Gasteiger partial charge is 0.156 e. The SMILES string of the molecule is CC(=O)/C(C)=C/Nc1ccccc1. The maximum atomic E-state index is 10.9. The molecule has 0 aliphatic carbocycles. The minimum absolute atomic E-state index is 0.0865. The van der Waals surface area contributed by atoms with E-state index in [1.54, 1.807) is 20.0 Å². The summed E-state index contributed by atoms with van der Waals surface area (Å²) in [5, 5.41) is 3.04. The molecule has 1 aromatic carbocycles. The minimum Gasteiger partial charge on any atom is -0.361 e. The molecule has 0 saturated heterocycles. The number of Topliss-reactive ketones (excluding diaryl/α,β-unsaturated/α-hetero) is 1. The second kappa shape index (κ2) is 4.45. The first-order valence-corrected chi connectivity index (χ1v) is 4.19. The van der Waals surface area contributed by atoms with Crippen LogP contribution < -0.4 is 5.32 Å². The summed E-state index contributed by atoms with van der Waals surface area (Å²) in [5.74, 6) is 0.0865. The van der Waals surface area contributed by atoms with Gasteiger partial charge in [0.05, 0.1) is 0 Å². The highest BCUT2D eigenvalue weighted by Crippen LogP contribution is 2.05. The molecule has 0 fully saturated rings. The molecule has 0 aromatic heterocycles. The third-order valence-electron chi connectivity index (χ3n) is 1.78. The van der Waals surface area contributed by atoms with Crippen LogP contribution in [-0.4, -0.2) is 5.78 Å². The van der Waals surface area contributed by atoms with Crippen molar-refractivity contribution in [2.75, 3.05) is 5.32 Å². The van der Waals surface area contributed by atoms with Crippen LogP contribution in [0.2, 0.25) is 0 Å². The van der Waals surface area contributed by atoms with Gasteiger partial charge in [-0.2, -0.15) is 0 Å². The first-order valence-electron chi connectivity index (χ1n) is 4.19. The van der Waals surface area contributed by atoms with Crippen LogP contribution in [0.5, 0.6) is 0 Å². The molecule has 0 radical (unpaired) electrons. The van der Waals surface area contributed by atoms with Crippen LogP contribution in [0.1, 0.15) is 13.8 Å². The summed E-state index contributed by atoms with van der Waals surface area (Å²) in [7, 11) is 0. The van der Waals surface area contributed by atoms with Crippen LogP contribution in [0, 0.1) is 0 Å². The van der Waals surface area contributed by atoms with E-state index >= 15 is 0 Å². The molecule has 0 bridgehead atoms. The number of para-hydroxylation sites is 1. The monoisotopic (exact) mass is 175 g/mol. The quantitative estimate of drug-likeness (QED) is 0.715. The molecule has 2 heteroatoms. The second-order valence-electron chi connectivity index (χ2n) is 2.89. The third kappa shape index (κ3) is 3.11. The number of rotatable bonds is 3. The van der Waals surface area contributed by atoms with Crippen molar-refractivity contribution in [2.45, 2.75) is 13.8 Å². The van der Waals surface area contributed by atoms with Crippen molar-refractivity contribution >= 4 is 11.5 Å². The molecule has 0 heterocycles. The molecule has 1 aromatic rings. The summed E-state index contributed by atoms with van der Waals surface area (Å²) in [4.78, 5) is 10.9. The van der Waals surface area contributed by atoms with Crippen molar-refractivity contribution < 1.29 is 4.79 Å². The van der Waals surface area contributed by atoms with Gasteiger partial charge in [-0.1, -0.05) is 18.2 Å². The predicted molar refractivity (Wildman–Crippen MR) is 54.5 cm³/mol. The zero-order chi connectivity index (χ0) is 9.68. The van der Waals surface area contributed by atoms with Crippen LogP contribution >= 0.6 is 0 Å². The van der Waals surface area contributed by atoms with Crippen molar-refractivity contribution in [1.29, 1.82) is 0 Å². The summed E-state index contributed by atoms with van der Waals surface area (Å²) >= 11 is 0. The fraction of sp³-hybridized carbons (Fsp3) is 0.182. The topological polar surface area (TPSA) is 29.1 Å². The number of benzene rings is 1. The van der Waals surface area contributed by atoms with Gasteiger partial charge in [0.25, 0.3) is 0 Å². The van der Waals surface area contributed by atoms with Crippen LogP contribution in [-0.2, 0) is 4.79 Å². The summed E-state index contributed by atoms with van der Waals surface area (Å²) in [6.45, 7) is 3.34. The molecule has 0 spiro atoms. The Kier molecular flexibility index (Phi) is 3.26. The van der Waals surface area contributed by atoms with Crippen LogP contribution in [0.15, 0.2) is 42.1 Å². The van der Waals surface area contributed by atoms with Gasteiger partial charge in [-0.05, 0) is 26.0 Å². The lowest BCUT2D eigenvalue weighted by Gasteiger charge is -2.00. The van der Waals surface area contributed by atoms with Gasteiger partial charge in [-0.25, -0.2) is 0 Å². The molecule has 0 amide bonds. The van der Waals surface area contributed by atoms with E-state index in [2.05, 4.69) is 5.32 Å². The average Bonchev–Trinajstić information content (AvgIpc) is 2.15. The number of nitrogens with one attached hydrogen (secondary N) is 1. The van der Waals surface area contributed by atoms with E-state index in [1.165, 1.54) is 0 Å². The molecule has 68 valence electrons. The molecule has 1 rings (SSSR count). The molecule has 13 heavy (non-hydrogen) atoms. The molecular weight excluding hydrogens is 162 g/mol.